The summed E-state index contributed by atoms with van der Waals surface area (Å²) >= 11 is 7.67. The van der Waals surface area contributed by atoms with Gasteiger partial charge in [-0.25, -0.2) is 0 Å². The summed E-state index contributed by atoms with van der Waals surface area (Å²) in [5.74, 6) is -0.495. The Morgan fingerprint density at radius 1 is 1.07 bits per heavy atom. The van der Waals surface area contributed by atoms with Crippen LogP contribution in [0.3, 0.4) is 0 Å². The monoisotopic (exact) mass is 418 g/mol. The molecule has 0 unspecified atom stereocenters. The van der Waals surface area contributed by atoms with Gasteiger partial charge < -0.3 is 9.84 Å². The second kappa shape index (κ2) is 8.89. The van der Waals surface area contributed by atoms with Gasteiger partial charge in [0, 0.05) is 21.8 Å². The average Bonchev–Trinajstić information content (AvgIpc) is 3.04. The number of rotatable bonds is 5. The van der Waals surface area contributed by atoms with E-state index in [1.807, 2.05) is 45.0 Å². The standard InChI is InChI=1S/C23H27ClO3S/c1-23(2,3)27-22(26)21-17(14-25)8-13-20(21)28-19-11-6-16(7-12-19)15-4-9-18(24)10-5-15/h4-7,9-12,17,20-21,25H,8,13-14H2,1-3H3/t17-,20-,21-/m0/s1. The van der Waals surface area contributed by atoms with Gasteiger partial charge >= 0.3 is 5.97 Å². The number of hydrogen-bond donors (Lipinski definition) is 1. The van der Waals surface area contributed by atoms with Gasteiger partial charge in [0.2, 0.25) is 0 Å². The summed E-state index contributed by atoms with van der Waals surface area (Å²) in [6, 6.07) is 16.1. The summed E-state index contributed by atoms with van der Waals surface area (Å²) in [6.07, 6.45) is 1.75. The van der Waals surface area contributed by atoms with Crippen LogP contribution in [0.2, 0.25) is 5.02 Å². The zero-order chi connectivity index (χ0) is 20.3. The maximum Gasteiger partial charge on any atom is 0.310 e. The smallest absolute Gasteiger partial charge is 0.310 e. The lowest BCUT2D eigenvalue weighted by molar-refractivity contribution is -0.161. The average molecular weight is 419 g/mol. The Balaban J connectivity index is 1.72. The third-order valence-electron chi connectivity index (χ3n) is 4.96. The van der Waals surface area contributed by atoms with Gasteiger partial charge in [0.1, 0.15) is 5.60 Å². The van der Waals surface area contributed by atoms with E-state index in [1.54, 1.807) is 11.8 Å². The number of aliphatic hydroxyl groups excluding tert-OH is 1. The zero-order valence-electron chi connectivity index (χ0n) is 16.5. The van der Waals surface area contributed by atoms with Crippen LogP contribution >= 0.6 is 23.4 Å². The molecule has 2 aromatic carbocycles. The number of halogens is 1. The Hall–Kier alpha value is -1.49. The topological polar surface area (TPSA) is 46.5 Å². The van der Waals surface area contributed by atoms with Crippen molar-refractivity contribution in [2.45, 2.75) is 49.4 Å². The molecule has 150 valence electrons. The highest BCUT2D eigenvalue weighted by Crippen LogP contribution is 2.43. The minimum absolute atomic E-state index is 0.0243. The highest BCUT2D eigenvalue weighted by atomic mass is 35.5. The van der Waals surface area contributed by atoms with Gasteiger partial charge in [0.25, 0.3) is 0 Å². The first-order valence-electron chi connectivity index (χ1n) is 9.63. The van der Waals surface area contributed by atoms with Gasteiger partial charge in [-0.1, -0.05) is 35.9 Å². The summed E-state index contributed by atoms with van der Waals surface area (Å²) < 4.78 is 5.63. The molecule has 0 bridgehead atoms. The molecule has 0 heterocycles. The van der Waals surface area contributed by atoms with Crippen molar-refractivity contribution in [3.05, 3.63) is 53.6 Å². The Morgan fingerprint density at radius 3 is 2.18 bits per heavy atom. The lowest BCUT2D eigenvalue weighted by Crippen LogP contribution is -2.35. The number of ether oxygens (including phenoxy) is 1. The number of carbonyl (C=O) groups is 1. The Labute approximate surface area is 176 Å². The van der Waals surface area contributed by atoms with E-state index in [1.165, 1.54) is 0 Å². The zero-order valence-corrected chi connectivity index (χ0v) is 18.1. The van der Waals surface area contributed by atoms with Crippen molar-refractivity contribution in [2.75, 3.05) is 6.61 Å². The number of benzene rings is 2. The van der Waals surface area contributed by atoms with Crippen molar-refractivity contribution in [1.82, 2.24) is 0 Å². The van der Waals surface area contributed by atoms with Crippen LogP contribution in [0.25, 0.3) is 11.1 Å². The highest BCUT2D eigenvalue weighted by Gasteiger charge is 2.43. The predicted molar refractivity (Wildman–Crippen MR) is 116 cm³/mol. The van der Waals surface area contributed by atoms with E-state index < -0.39 is 5.60 Å². The van der Waals surface area contributed by atoms with Gasteiger partial charge in [-0.05, 0) is 74.9 Å². The Bertz CT molecular complexity index is 796. The summed E-state index contributed by atoms with van der Waals surface area (Å²) in [6.45, 7) is 5.67. The molecule has 0 radical (unpaired) electrons. The number of esters is 1. The van der Waals surface area contributed by atoms with Gasteiger partial charge in [0.15, 0.2) is 0 Å². The quantitative estimate of drug-likeness (QED) is 0.620. The van der Waals surface area contributed by atoms with Crippen LogP contribution in [0.1, 0.15) is 33.6 Å². The van der Waals surface area contributed by atoms with Gasteiger partial charge in [-0.3, -0.25) is 4.79 Å². The second-order valence-corrected chi connectivity index (χ2v) is 10.0. The lowest BCUT2D eigenvalue weighted by Gasteiger charge is -2.27. The largest absolute Gasteiger partial charge is 0.460 e. The molecule has 3 atom stereocenters. The molecule has 0 amide bonds. The van der Waals surface area contributed by atoms with Gasteiger partial charge in [0.05, 0.1) is 5.92 Å². The normalized spacial score (nSPS) is 22.2. The molecule has 0 saturated heterocycles. The molecule has 1 saturated carbocycles. The fourth-order valence-corrected chi connectivity index (χ4v) is 5.14. The maximum atomic E-state index is 12.7. The molecular weight excluding hydrogens is 392 g/mol. The fourth-order valence-electron chi connectivity index (χ4n) is 3.64. The van der Waals surface area contributed by atoms with Gasteiger partial charge in [-0.2, -0.15) is 0 Å². The van der Waals surface area contributed by atoms with Crippen molar-refractivity contribution >= 4 is 29.3 Å². The SMILES string of the molecule is CC(C)(C)OC(=O)[C@H]1[C@H](CO)CC[C@@H]1Sc1ccc(-c2ccc(Cl)cc2)cc1. The molecule has 3 rings (SSSR count). The molecule has 0 aromatic heterocycles. The minimum Gasteiger partial charge on any atom is -0.460 e. The van der Waals surface area contributed by atoms with E-state index in [9.17, 15) is 9.90 Å². The first-order chi connectivity index (χ1) is 13.3. The second-order valence-electron chi connectivity index (χ2n) is 8.27. The Kier molecular flexibility index (Phi) is 6.74. The van der Waals surface area contributed by atoms with Crippen LogP contribution in [0, 0.1) is 11.8 Å². The van der Waals surface area contributed by atoms with Crippen LogP contribution in [0.15, 0.2) is 53.4 Å². The number of aliphatic hydroxyl groups is 1. The van der Waals surface area contributed by atoms with E-state index in [4.69, 9.17) is 16.3 Å². The van der Waals surface area contributed by atoms with Crippen molar-refractivity contribution < 1.29 is 14.6 Å². The maximum absolute atomic E-state index is 12.7. The fraction of sp³-hybridized carbons (Fsp3) is 0.435. The van der Waals surface area contributed by atoms with Crippen LogP contribution in [-0.4, -0.2) is 28.5 Å². The number of carbonyl (C=O) groups excluding carboxylic acids is 1. The number of thioether (sulfide) groups is 1. The van der Waals surface area contributed by atoms with E-state index in [-0.39, 0.29) is 29.7 Å². The third kappa shape index (κ3) is 5.31. The van der Waals surface area contributed by atoms with E-state index in [2.05, 4.69) is 24.3 Å². The molecular formula is C23H27ClO3S. The summed E-state index contributed by atoms with van der Waals surface area (Å²) in [5, 5.41) is 10.6. The van der Waals surface area contributed by atoms with Crippen molar-refractivity contribution in [3.63, 3.8) is 0 Å². The minimum atomic E-state index is -0.519. The van der Waals surface area contributed by atoms with Crippen molar-refractivity contribution in [1.29, 1.82) is 0 Å². The van der Waals surface area contributed by atoms with Crippen LogP contribution in [-0.2, 0) is 9.53 Å². The highest BCUT2D eigenvalue weighted by molar-refractivity contribution is 8.00. The molecule has 1 aliphatic carbocycles. The van der Waals surface area contributed by atoms with Crippen LogP contribution < -0.4 is 0 Å². The molecule has 3 nitrogen and oxygen atoms in total. The molecule has 28 heavy (non-hydrogen) atoms. The van der Waals surface area contributed by atoms with E-state index in [0.29, 0.717) is 0 Å². The lowest BCUT2D eigenvalue weighted by atomic mass is 9.96. The van der Waals surface area contributed by atoms with Crippen LogP contribution in [0.5, 0.6) is 0 Å². The molecule has 0 aliphatic heterocycles. The first-order valence-corrected chi connectivity index (χ1v) is 10.9. The molecule has 0 spiro atoms. The summed E-state index contributed by atoms with van der Waals surface area (Å²) in [4.78, 5) is 13.9. The molecule has 1 fully saturated rings. The van der Waals surface area contributed by atoms with Crippen molar-refractivity contribution in [2.24, 2.45) is 11.8 Å². The number of hydrogen-bond acceptors (Lipinski definition) is 4. The summed E-state index contributed by atoms with van der Waals surface area (Å²) in [5.41, 5.74) is 1.73. The molecule has 1 N–H and O–H groups in total. The Morgan fingerprint density at radius 2 is 1.64 bits per heavy atom. The van der Waals surface area contributed by atoms with E-state index >= 15 is 0 Å². The van der Waals surface area contributed by atoms with Crippen LogP contribution in [0.4, 0.5) is 0 Å². The third-order valence-corrected chi connectivity index (χ3v) is 6.59. The van der Waals surface area contributed by atoms with Crippen molar-refractivity contribution in [3.8, 4) is 11.1 Å². The summed E-state index contributed by atoms with van der Waals surface area (Å²) in [7, 11) is 0. The predicted octanol–water partition coefficient (Wildman–Crippen LogP) is 5.83. The molecule has 1 aliphatic rings. The first kappa shape index (κ1) is 21.2. The van der Waals surface area contributed by atoms with E-state index in [0.717, 1.165) is 33.9 Å². The molecule has 5 heteroatoms. The van der Waals surface area contributed by atoms with Gasteiger partial charge in [-0.15, -0.1) is 11.8 Å². The molecule has 2 aromatic rings.